The average molecular weight is 344 g/mol. The summed E-state index contributed by atoms with van der Waals surface area (Å²) >= 11 is 0. The van der Waals surface area contributed by atoms with E-state index in [2.05, 4.69) is 27.2 Å². The molecule has 2 heterocycles. The van der Waals surface area contributed by atoms with Gasteiger partial charge in [-0.25, -0.2) is 14.4 Å². The highest BCUT2D eigenvalue weighted by atomic mass is 19.1. The standard InChI is InChI=1S/C19H25FN4O/c1-13-17(16-7-6-15(25-3)11-18(16)20)12-22-19(23-13)21-9-8-14-5-4-10-24(14)2/h6-7,11-12,14H,4-5,8-10H2,1-3H3,(H,21,22,23). The molecule has 0 amide bonds. The number of rotatable bonds is 6. The van der Waals surface area contributed by atoms with Crippen LogP contribution in [0.5, 0.6) is 5.75 Å². The van der Waals surface area contributed by atoms with Crippen molar-refractivity contribution in [3.63, 3.8) is 0 Å². The van der Waals surface area contributed by atoms with Gasteiger partial charge in [0.15, 0.2) is 0 Å². The summed E-state index contributed by atoms with van der Waals surface area (Å²) < 4.78 is 19.3. The highest BCUT2D eigenvalue weighted by Crippen LogP contribution is 2.28. The predicted molar refractivity (Wildman–Crippen MR) is 97.5 cm³/mol. The molecule has 25 heavy (non-hydrogen) atoms. The van der Waals surface area contributed by atoms with Gasteiger partial charge in [0.1, 0.15) is 11.6 Å². The Balaban J connectivity index is 1.66. The normalized spacial score (nSPS) is 17.7. The number of hydrogen-bond acceptors (Lipinski definition) is 5. The van der Waals surface area contributed by atoms with Crippen LogP contribution in [-0.4, -0.2) is 48.2 Å². The smallest absolute Gasteiger partial charge is 0.222 e. The zero-order valence-corrected chi connectivity index (χ0v) is 15.1. The van der Waals surface area contributed by atoms with E-state index in [1.165, 1.54) is 32.6 Å². The van der Waals surface area contributed by atoms with Crippen molar-refractivity contribution in [2.24, 2.45) is 0 Å². The van der Waals surface area contributed by atoms with Gasteiger partial charge in [-0.1, -0.05) is 0 Å². The largest absolute Gasteiger partial charge is 0.497 e. The van der Waals surface area contributed by atoms with E-state index in [-0.39, 0.29) is 5.82 Å². The summed E-state index contributed by atoms with van der Waals surface area (Å²) in [4.78, 5) is 11.2. The third-order valence-corrected chi connectivity index (χ3v) is 4.88. The van der Waals surface area contributed by atoms with Gasteiger partial charge in [-0.15, -0.1) is 0 Å². The predicted octanol–water partition coefficient (Wildman–Crippen LogP) is 3.50. The van der Waals surface area contributed by atoms with E-state index < -0.39 is 0 Å². The Bertz CT molecular complexity index is 737. The van der Waals surface area contributed by atoms with E-state index in [0.29, 0.717) is 28.9 Å². The van der Waals surface area contributed by atoms with Crippen molar-refractivity contribution in [3.8, 4) is 16.9 Å². The van der Waals surface area contributed by atoms with E-state index in [9.17, 15) is 4.39 Å². The maximum Gasteiger partial charge on any atom is 0.222 e. The summed E-state index contributed by atoms with van der Waals surface area (Å²) in [5, 5.41) is 3.28. The lowest BCUT2D eigenvalue weighted by Crippen LogP contribution is -2.27. The molecular formula is C19H25FN4O. The maximum atomic E-state index is 14.3. The molecule has 2 aromatic rings. The van der Waals surface area contributed by atoms with Gasteiger partial charge >= 0.3 is 0 Å². The van der Waals surface area contributed by atoms with Crippen molar-refractivity contribution in [1.82, 2.24) is 14.9 Å². The summed E-state index contributed by atoms with van der Waals surface area (Å²) in [5.41, 5.74) is 1.93. The van der Waals surface area contributed by atoms with Crippen molar-refractivity contribution in [2.45, 2.75) is 32.2 Å². The molecule has 1 aliphatic rings. The molecule has 0 bridgehead atoms. The van der Waals surface area contributed by atoms with Crippen molar-refractivity contribution < 1.29 is 9.13 Å². The first kappa shape index (κ1) is 17.6. The molecule has 3 rings (SSSR count). The average Bonchev–Trinajstić information content (AvgIpc) is 3.00. The lowest BCUT2D eigenvalue weighted by Gasteiger charge is -2.19. The fraction of sp³-hybridized carbons (Fsp3) is 0.474. The molecule has 0 aliphatic carbocycles. The molecule has 134 valence electrons. The molecule has 1 atom stereocenters. The number of nitrogens with zero attached hydrogens (tertiary/aromatic N) is 3. The molecule has 5 nitrogen and oxygen atoms in total. The number of halogens is 1. The van der Waals surface area contributed by atoms with Crippen LogP contribution in [0.3, 0.4) is 0 Å². The second-order valence-corrected chi connectivity index (χ2v) is 6.53. The van der Waals surface area contributed by atoms with Crippen LogP contribution in [-0.2, 0) is 0 Å². The Kier molecular flexibility index (Phi) is 5.48. The van der Waals surface area contributed by atoms with Gasteiger partial charge in [-0.05, 0) is 51.9 Å². The van der Waals surface area contributed by atoms with Crippen LogP contribution in [0, 0.1) is 12.7 Å². The van der Waals surface area contributed by atoms with E-state index in [1.54, 1.807) is 18.3 Å². The molecular weight excluding hydrogens is 319 g/mol. The topological polar surface area (TPSA) is 50.3 Å². The zero-order valence-electron chi connectivity index (χ0n) is 15.1. The van der Waals surface area contributed by atoms with Crippen LogP contribution in [0.2, 0.25) is 0 Å². The number of ether oxygens (including phenoxy) is 1. The summed E-state index contributed by atoms with van der Waals surface area (Å²) in [6.07, 6.45) is 5.29. The fourth-order valence-corrected chi connectivity index (χ4v) is 3.35. The molecule has 1 N–H and O–H groups in total. The molecule has 0 spiro atoms. The summed E-state index contributed by atoms with van der Waals surface area (Å²) in [6, 6.07) is 5.45. The molecule has 1 unspecified atom stereocenters. The van der Waals surface area contributed by atoms with E-state index in [0.717, 1.165) is 18.7 Å². The number of nitrogens with one attached hydrogen (secondary N) is 1. The third-order valence-electron chi connectivity index (χ3n) is 4.88. The van der Waals surface area contributed by atoms with Crippen LogP contribution >= 0.6 is 0 Å². The van der Waals surface area contributed by atoms with E-state index in [1.807, 2.05) is 6.92 Å². The maximum absolute atomic E-state index is 14.3. The third kappa shape index (κ3) is 4.07. The lowest BCUT2D eigenvalue weighted by atomic mass is 10.1. The van der Waals surface area contributed by atoms with Gasteiger partial charge in [-0.3, -0.25) is 0 Å². The molecule has 1 aromatic carbocycles. The van der Waals surface area contributed by atoms with E-state index in [4.69, 9.17) is 4.74 Å². The van der Waals surface area contributed by atoms with Gasteiger partial charge in [0.25, 0.3) is 0 Å². The van der Waals surface area contributed by atoms with Crippen LogP contribution in [0.4, 0.5) is 10.3 Å². The van der Waals surface area contributed by atoms with Crippen molar-refractivity contribution in [2.75, 3.05) is 32.6 Å². The minimum atomic E-state index is -0.337. The molecule has 1 aromatic heterocycles. The Hall–Kier alpha value is -2.21. The van der Waals surface area contributed by atoms with Gasteiger partial charge in [-0.2, -0.15) is 0 Å². The minimum absolute atomic E-state index is 0.337. The first-order valence-corrected chi connectivity index (χ1v) is 8.70. The SMILES string of the molecule is COc1ccc(-c2cnc(NCCC3CCCN3C)nc2C)c(F)c1. The number of hydrogen-bond donors (Lipinski definition) is 1. The van der Waals surface area contributed by atoms with Crippen molar-refractivity contribution in [3.05, 3.63) is 35.9 Å². The van der Waals surface area contributed by atoms with Gasteiger partial charge in [0.05, 0.1) is 12.8 Å². The first-order chi connectivity index (χ1) is 12.1. The number of aryl methyl sites for hydroxylation is 1. The number of benzene rings is 1. The molecule has 1 aliphatic heterocycles. The number of anilines is 1. The summed E-state index contributed by atoms with van der Waals surface area (Å²) in [5.74, 6) is 0.752. The molecule has 0 saturated carbocycles. The summed E-state index contributed by atoms with van der Waals surface area (Å²) in [7, 11) is 3.70. The Morgan fingerprint density at radius 1 is 1.36 bits per heavy atom. The molecule has 6 heteroatoms. The molecule has 0 radical (unpaired) electrons. The molecule has 1 saturated heterocycles. The number of methoxy groups -OCH3 is 1. The first-order valence-electron chi connectivity index (χ1n) is 8.70. The summed E-state index contributed by atoms with van der Waals surface area (Å²) in [6.45, 7) is 3.89. The lowest BCUT2D eigenvalue weighted by molar-refractivity contribution is 0.301. The van der Waals surface area contributed by atoms with Gasteiger partial charge < -0.3 is 15.0 Å². The Morgan fingerprint density at radius 3 is 2.84 bits per heavy atom. The number of likely N-dealkylation sites (tertiary alicyclic amines) is 1. The van der Waals surface area contributed by atoms with Crippen LogP contribution in [0.25, 0.3) is 11.1 Å². The van der Waals surface area contributed by atoms with Crippen molar-refractivity contribution >= 4 is 5.95 Å². The van der Waals surface area contributed by atoms with Gasteiger partial charge in [0.2, 0.25) is 5.95 Å². The minimum Gasteiger partial charge on any atom is -0.497 e. The van der Waals surface area contributed by atoms with Crippen molar-refractivity contribution in [1.29, 1.82) is 0 Å². The quantitative estimate of drug-likeness (QED) is 0.869. The van der Waals surface area contributed by atoms with Crippen LogP contribution < -0.4 is 10.1 Å². The second-order valence-electron chi connectivity index (χ2n) is 6.53. The highest BCUT2D eigenvalue weighted by molar-refractivity contribution is 5.67. The highest BCUT2D eigenvalue weighted by Gasteiger charge is 2.20. The van der Waals surface area contributed by atoms with Crippen LogP contribution in [0.15, 0.2) is 24.4 Å². The number of aromatic nitrogens is 2. The van der Waals surface area contributed by atoms with Gasteiger partial charge in [0, 0.05) is 36.0 Å². The monoisotopic (exact) mass is 344 g/mol. The zero-order chi connectivity index (χ0) is 17.8. The second kappa shape index (κ2) is 7.78. The Morgan fingerprint density at radius 2 is 2.20 bits per heavy atom. The molecule has 1 fully saturated rings. The van der Waals surface area contributed by atoms with E-state index >= 15 is 0 Å². The van der Waals surface area contributed by atoms with Crippen LogP contribution in [0.1, 0.15) is 25.0 Å². The fourth-order valence-electron chi connectivity index (χ4n) is 3.35. The Labute approximate surface area is 148 Å².